The van der Waals surface area contributed by atoms with Crippen molar-refractivity contribution in [2.45, 2.75) is 76.4 Å². The van der Waals surface area contributed by atoms with Gasteiger partial charge in [-0.3, -0.25) is 24.6 Å². The number of likely N-dealkylation sites (tertiary alicyclic amines) is 2. The van der Waals surface area contributed by atoms with Gasteiger partial charge in [-0.05, 0) is 56.7 Å². The molecule has 39 heavy (non-hydrogen) atoms. The van der Waals surface area contributed by atoms with E-state index in [1.807, 2.05) is 9.80 Å². The van der Waals surface area contributed by atoms with Gasteiger partial charge in [0.2, 0.25) is 11.8 Å². The van der Waals surface area contributed by atoms with Crippen LogP contribution in [0.2, 0.25) is 0 Å². The highest BCUT2D eigenvalue weighted by Crippen LogP contribution is 2.32. The number of nitrogens with one attached hydrogen (secondary N) is 1. The van der Waals surface area contributed by atoms with Crippen molar-refractivity contribution < 1.29 is 28.7 Å². The zero-order valence-corrected chi connectivity index (χ0v) is 22.9. The summed E-state index contributed by atoms with van der Waals surface area (Å²) in [7, 11) is 1.51. The summed E-state index contributed by atoms with van der Waals surface area (Å²) in [6.45, 7) is 2.99. The molecule has 3 aliphatic heterocycles. The van der Waals surface area contributed by atoms with Crippen LogP contribution in [-0.4, -0.2) is 85.6 Å². The second kappa shape index (κ2) is 12.4. The van der Waals surface area contributed by atoms with Crippen molar-refractivity contribution in [2.24, 2.45) is 5.92 Å². The van der Waals surface area contributed by atoms with Crippen LogP contribution in [-0.2, 0) is 14.3 Å². The normalized spacial score (nSPS) is 22.1. The number of ether oxygens (including phenoxy) is 2. The molecule has 5 rings (SSSR count). The Morgan fingerprint density at radius 2 is 1.49 bits per heavy atom. The van der Waals surface area contributed by atoms with Crippen LogP contribution in [0.4, 0.5) is 10.5 Å². The third kappa shape index (κ3) is 6.37. The van der Waals surface area contributed by atoms with E-state index >= 15 is 0 Å². The van der Waals surface area contributed by atoms with Crippen molar-refractivity contribution in [3.63, 3.8) is 0 Å². The van der Waals surface area contributed by atoms with E-state index in [1.54, 1.807) is 18.2 Å². The molecule has 4 aliphatic rings. The van der Waals surface area contributed by atoms with Crippen LogP contribution in [0, 0.1) is 5.92 Å². The van der Waals surface area contributed by atoms with Crippen LogP contribution in [0.1, 0.15) is 74.6 Å². The maximum atomic E-state index is 13.3. The van der Waals surface area contributed by atoms with Gasteiger partial charge in [-0.15, -0.1) is 0 Å². The molecule has 4 fully saturated rings. The first kappa shape index (κ1) is 27.4. The number of anilines is 1. The molecule has 1 saturated carbocycles. The van der Waals surface area contributed by atoms with E-state index in [0.717, 1.165) is 51.6 Å². The second-order valence-corrected chi connectivity index (χ2v) is 11.1. The fourth-order valence-corrected chi connectivity index (χ4v) is 6.30. The van der Waals surface area contributed by atoms with Gasteiger partial charge in [-0.25, -0.2) is 4.79 Å². The van der Waals surface area contributed by atoms with Gasteiger partial charge in [0, 0.05) is 50.6 Å². The lowest BCUT2D eigenvalue weighted by atomic mass is 9.88. The average molecular weight is 541 g/mol. The molecule has 0 atom stereocenters. The average Bonchev–Trinajstić information content (AvgIpc) is 2.97. The molecule has 10 nitrogen and oxygen atoms in total. The predicted octanol–water partition coefficient (Wildman–Crippen LogP) is 3.33. The summed E-state index contributed by atoms with van der Waals surface area (Å²) in [5.41, 5.74) is 0.949. The molecule has 0 spiro atoms. The molecule has 1 N–H and O–H groups in total. The number of nitrogens with zero attached hydrogens (tertiary/aromatic N) is 3. The van der Waals surface area contributed by atoms with Crippen LogP contribution < -0.4 is 15.0 Å². The maximum absolute atomic E-state index is 13.3. The smallest absolute Gasteiger partial charge is 0.328 e. The second-order valence-electron chi connectivity index (χ2n) is 11.1. The van der Waals surface area contributed by atoms with E-state index in [9.17, 15) is 19.2 Å². The highest BCUT2D eigenvalue weighted by Gasteiger charge is 2.32. The van der Waals surface area contributed by atoms with Crippen LogP contribution >= 0.6 is 0 Å². The van der Waals surface area contributed by atoms with Gasteiger partial charge in [0.1, 0.15) is 5.75 Å². The fraction of sp³-hybridized carbons (Fsp3) is 0.655. The summed E-state index contributed by atoms with van der Waals surface area (Å²) < 4.78 is 11.8. The van der Waals surface area contributed by atoms with E-state index in [1.165, 1.54) is 31.3 Å². The largest absolute Gasteiger partial charge is 0.495 e. The van der Waals surface area contributed by atoms with Crippen molar-refractivity contribution in [3.8, 4) is 5.75 Å². The summed E-state index contributed by atoms with van der Waals surface area (Å²) in [6, 6.07) is 4.55. The Bertz CT molecular complexity index is 1070. The number of hydrogen-bond donors (Lipinski definition) is 1. The van der Waals surface area contributed by atoms with Crippen LogP contribution in [0.3, 0.4) is 0 Å². The van der Waals surface area contributed by atoms with E-state index in [4.69, 9.17) is 9.47 Å². The van der Waals surface area contributed by atoms with Gasteiger partial charge >= 0.3 is 6.03 Å². The molecule has 1 aliphatic carbocycles. The van der Waals surface area contributed by atoms with Gasteiger partial charge in [-0.2, -0.15) is 0 Å². The number of methoxy groups -OCH3 is 1. The highest BCUT2D eigenvalue weighted by molar-refractivity contribution is 6.07. The minimum absolute atomic E-state index is 0.0969. The van der Waals surface area contributed by atoms with Crippen LogP contribution in [0.25, 0.3) is 0 Å². The molecule has 5 amide bonds. The van der Waals surface area contributed by atoms with E-state index in [2.05, 4.69) is 5.32 Å². The van der Waals surface area contributed by atoms with Gasteiger partial charge < -0.3 is 19.3 Å². The Hall–Kier alpha value is -3.14. The Labute approximate surface area is 230 Å². The molecular formula is C29H40N4O6. The lowest BCUT2D eigenvalue weighted by Gasteiger charge is -2.38. The molecule has 0 bridgehead atoms. The first-order chi connectivity index (χ1) is 18.9. The fourth-order valence-electron chi connectivity index (χ4n) is 6.30. The van der Waals surface area contributed by atoms with Crippen LogP contribution in [0.5, 0.6) is 5.75 Å². The Balaban J connectivity index is 1.11. The Kier molecular flexibility index (Phi) is 8.69. The minimum Gasteiger partial charge on any atom is -0.495 e. The third-order valence-electron chi connectivity index (χ3n) is 8.59. The van der Waals surface area contributed by atoms with E-state index in [0.29, 0.717) is 36.0 Å². The number of benzene rings is 1. The maximum Gasteiger partial charge on any atom is 0.328 e. The monoisotopic (exact) mass is 540 g/mol. The SMILES string of the molecule is COc1ccc(C(=O)N2CCC(OC3CCN(C(=O)C4CCCCC4)CC3)CC2)cc1N1CCC(=O)NC1=O. The number of hydrogen-bond acceptors (Lipinski definition) is 6. The molecule has 3 saturated heterocycles. The van der Waals surface area contributed by atoms with Crippen molar-refractivity contribution >= 4 is 29.4 Å². The van der Waals surface area contributed by atoms with Gasteiger partial charge in [0.15, 0.2) is 0 Å². The molecule has 0 unspecified atom stereocenters. The van der Waals surface area contributed by atoms with Crippen molar-refractivity contribution in [1.29, 1.82) is 0 Å². The Morgan fingerprint density at radius 1 is 0.846 bits per heavy atom. The third-order valence-corrected chi connectivity index (χ3v) is 8.59. The summed E-state index contributed by atoms with van der Waals surface area (Å²) in [4.78, 5) is 55.4. The predicted molar refractivity (Wildman–Crippen MR) is 145 cm³/mol. The van der Waals surface area contributed by atoms with Crippen molar-refractivity contribution in [1.82, 2.24) is 15.1 Å². The quantitative estimate of drug-likeness (QED) is 0.593. The number of carbonyl (C=O) groups is 4. The number of imide groups is 1. The molecule has 10 heteroatoms. The van der Waals surface area contributed by atoms with Crippen molar-refractivity contribution in [3.05, 3.63) is 23.8 Å². The van der Waals surface area contributed by atoms with Gasteiger partial charge in [0.25, 0.3) is 5.91 Å². The first-order valence-corrected chi connectivity index (χ1v) is 14.5. The minimum atomic E-state index is -0.517. The standard InChI is InChI=1S/C29H40N4O6/c1-38-25-8-7-21(19-24(25)33-18-13-26(34)30-29(33)37)28(36)32-16-11-23(12-17-32)39-22-9-14-31(15-10-22)27(35)20-5-3-2-4-6-20/h7-8,19-20,22-23H,2-6,9-18H2,1H3,(H,30,34,37). The van der Waals surface area contributed by atoms with Crippen LogP contribution in [0.15, 0.2) is 18.2 Å². The number of rotatable bonds is 6. The van der Waals surface area contributed by atoms with E-state index < -0.39 is 6.03 Å². The summed E-state index contributed by atoms with van der Waals surface area (Å²) in [6.07, 6.45) is 9.45. The molecule has 0 radical (unpaired) electrons. The number of carbonyl (C=O) groups excluding carboxylic acids is 4. The number of piperidine rings is 2. The first-order valence-electron chi connectivity index (χ1n) is 14.5. The number of amides is 5. The molecule has 3 heterocycles. The summed E-state index contributed by atoms with van der Waals surface area (Å²) >= 11 is 0. The molecule has 1 aromatic carbocycles. The lowest BCUT2D eigenvalue weighted by molar-refractivity contribution is -0.140. The summed E-state index contributed by atoms with van der Waals surface area (Å²) in [5.74, 6) is 0.623. The zero-order valence-electron chi connectivity index (χ0n) is 22.9. The lowest BCUT2D eigenvalue weighted by Crippen LogP contribution is -2.49. The Morgan fingerprint density at radius 3 is 2.10 bits per heavy atom. The topological polar surface area (TPSA) is 108 Å². The van der Waals surface area contributed by atoms with Gasteiger partial charge in [0.05, 0.1) is 25.0 Å². The van der Waals surface area contributed by atoms with E-state index in [-0.39, 0.29) is 42.9 Å². The highest BCUT2D eigenvalue weighted by atomic mass is 16.5. The number of urea groups is 1. The summed E-state index contributed by atoms with van der Waals surface area (Å²) in [5, 5.41) is 2.32. The molecule has 212 valence electrons. The zero-order chi connectivity index (χ0) is 27.4. The molecule has 1 aromatic rings. The molecule has 0 aromatic heterocycles. The van der Waals surface area contributed by atoms with Gasteiger partial charge in [-0.1, -0.05) is 19.3 Å². The molecular weight excluding hydrogens is 500 g/mol. The van der Waals surface area contributed by atoms with Crippen molar-refractivity contribution in [2.75, 3.05) is 44.7 Å².